The van der Waals surface area contributed by atoms with E-state index >= 15 is 0 Å². The Morgan fingerprint density at radius 1 is 1.12 bits per heavy atom. The molecule has 0 saturated carbocycles. The largest absolute Gasteiger partial charge is 0.342 e. The molecule has 1 aliphatic rings. The van der Waals surface area contributed by atoms with Crippen molar-refractivity contribution >= 4 is 45.0 Å². The zero-order valence-electron chi connectivity index (χ0n) is 13.7. The van der Waals surface area contributed by atoms with Gasteiger partial charge in [0.05, 0.1) is 21.4 Å². The van der Waals surface area contributed by atoms with Crippen molar-refractivity contribution in [3.63, 3.8) is 0 Å². The van der Waals surface area contributed by atoms with E-state index in [4.69, 9.17) is 0 Å². The zero-order valence-corrected chi connectivity index (χ0v) is 16.1. The Hall–Kier alpha value is -2.33. The van der Waals surface area contributed by atoms with Gasteiger partial charge >= 0.3 is 0 Å². The topological polar surface area (TPSA) is 95.5 Å². The number of carbonyl (C=O) groups is 3. The molecule has 2 aromatic heterocycles. The lowest BCUT2D eigenvalue weighted by Crippen LogP contribution is -2.52. The van der Waals surface area contributed by atoms with Crippen LogP contribution in [0.1, 0.15) is 20.2 Å². The molecule has 26 heavy (non-hydrogen) atoms. The molecule has 0 spiro atoms. The fourth-order valence-corrected chi connectivity index (χ4v) is 3.82. The number of thiophene rings is 1. The number of rotatable bonds is 4. The summed E-state index contributed by atoms with van der Waals surface area (Å²) in [6, 6.07) is 3.49. The molecule has 0 atom stereocenters. The van der Waals surface area contributed by atoms with Crippen molar-refractivity contribution in [3.8, 4) is 0 Å². The summed E-state index contributed by atoms with van der Waals surface area (Å²) in [6.45, 7) is 1.63. The van der Waals surface area contributed by atoms with E-state index in [2.05, 4.69) is 31.2 Å². The highest BCUT2D eigenvalue weighted by Gasteiger charge is 2.25. The maximum absolute atomic E-state index is 12.3. The molecule has 0 radical (unpaired) electrons. The third kappa shape index (κ3) is 4.44. The fraction of sp³-hybridized carbons (Fsp3) is 0.312. The lowest BCUT2D eigenvalue weighted by molar-refractivity contribution is -0.131. The molecule has 0 aliphatic carbocycles. The van der Waals surface area contributed by atoms with Crippen molar-refractivity contribution < 1.29 is 14.4 Å². The highest BCUT2D eigenvalue weighted by Crippen LogP contribution is 2.21. The van der Waals surface area contributed by atoms with Crippen LogP contribution in [0.25, 0.3) is 0 Å². The monoisotopic (exact) mass is 437 g/mol. The number of halogens is 1. The van der Waals surface area contributed by atoms with Gasteiger partial charge in [-0.15, -0.1) is 11.3 Å². The molecular formula is C16H16BrN5O3S. The van der Waals surface area contributed by atoms with E-state index in [1.165, 1.54) is 29.9 Å². The Morgan fingerprint density at radius 3 is 2.46 bits per heavy atom. The molecule has 1 fully saturated rings. The first-order valence-corrected chi connectivity index (χ1v) is 9.52. The first-order chi connectivity index (χ1) is 12.5. The maximum Gasteiger partial charge on any atom is 0.274 e. The Labute approximate surface area is 162 Å². The number of hydrogen-bond donors (Lipinski definition) is 1. The third-order valence-corrected chi connectivity index (χ3v) is 5.52. The van der Waals surface area contributed by atoms with E-state index in [9.17, 15) is 14.4 Å². The maximum atomic E-state index is 12.3. The summed E-state index contributed by atoms with van der Waals surface area (Å²) in [5, 5.41) is 2.63. The van der Waals surface area contributed by atoms with Gasteiger partial charge in [-0.05, 0) is 28.1 Å². The quantitative estimate of drug-likeness (QED) is 0.769. The summed E-state index contributed by atoms with van der Waals surface area (Å²) in [4.78, 5) is 48.3. The van der Waals surface area contributed by atoms with Gasteiger partial charge in [0.15, 0.2) is 0 Å². The highest BCUT2D eigenvalue weighted by molar-refractivity contribution is 9.11. The van der Waals surface area contributed by atoms with Crippen molar-refractivity contribution in [2.24, 2.45) is 0 Å². The van der Waals surface area contributed by atoms with Gasteiger partial charge in [-0.25, -0.2) is 4.98 Å². The molecule has 3 rings (SSSR count). The minimum absolute atomic E-state index is 0.0630. The molecule has 0 unspecified atom stereocenters. The predicted molar refractivity (Wildman–Crippen MR) is 98.9 cm³/mol. The number of carbonyl (C=O) groups excluding carboxylic acids is 3. The number of nitrogens with zero attached hydrogens (tertiary/aromatic N) is 4. The summed E-state index contributed by atoms with van der Waals surface area (Å²) < 4.78 is 0.859. The summed E-state index contributed by atoms with van der Waals surface area (Å²) >= 11 is 4.61. The minimum atomic E-state index is -0.273. The third-order valence-electron chi connectivity index (χ3n) is 3.90. The zero-order chi connectivity index (χ0) is 18.5. The van der Waals surface area contributed by atoms with Gasteiger partial charge in [-0.1, -0.05) is 0 Å². The molecule has 1 N–H and O–H groups in total. The van der Waals surface area contributed by atoms with Crippen molar-refractivity contribution in [2.75, 3.05) is 32.7 Å². The van der Waals surface area contributed by atoms with Crippen LogP contribution >= 0.6 is 27.3 Å². The van der Waals surface area contributed by atoms with Crippen molar-refractivity contribution in [3.05, 3.63) is 45.1 Å². The van der Waals surface area contributed by atoms with Crippen LogP contribution in [0.3, 0.4) is 0 Å². The van der Waals surface area contributed by atoms with E-state index in [-0.39, 0.29) is 24.3 Å². The van der Waals surface area contributed by atoms with Crippen LogP contribution in [-0.4, -0.2) is 70.2 Å². The normalized spacial score (nSPS) is 14.2. The van der Waals surface area contributed by atoms with Crippen LogP contribution in [0.15, 0.2) is 34.5 Å². The Morgan fingerprint density at radius 2 is 1.85 bits per heavy atom. The number of hydrogen-bond acceptors (Lipinski definition) is 6. The molecule has 3 heterocycles. The van der Waals surface area contributed by atoms with Crippen LogP contribution in [0, 0.1) is 0 Å². The number of amides is 3. The first-order valence-electron chi connectivity index (χ1n) is 7.91. The number of piperazine rings is 1. The van der Waals surface area contributed by atoms with E-state index in [0.717, 1.165) is 3.79 Å². The van der Waals surface area contributed by atoms with Gasteiger partial charge in [-0.2, -0.15) is 0 Å². The van der Waals surface area contributed by atoms with Crippen LogP contribution in [0.4, 0.5) is 0 Å². The van der Waals surface area contributed by atoms with Gasteiger partial charge in [-0.3, -0.25) is 19.4 Å². The number of nitrogens with one attached hydrogen (secondary N) is 1. The molecule has 2 aromatic rings. The molecule has 0 bridgehead atoms. The first kappa shape index (κ1) is 18.5. The molecule has 136 valence electrons. The smallest absolute Gasteiger partial charge is 0.274 e. The van der Waals surface area contributed by atoms with Crippen LogP contribution in [0.5, 0.6) is 0 Å². The van der Waals surface area contributed by atoms with Gasteiger partial charge in [0, 0.05) is 38.6 Å². The summed E-state index contributed by atoms with van der Waals surface area (Å²) in [5.74, 6) is -0.632. The molecule has 3 amide bonds. The lowest BCUT2D eigenvalue weighted by atomic mass is 10.2. The molecule has 8 nitrogen and oxygen atoms in total. The SMILES string of the molecule is O=C(NCC(=O)N1CCN(C(=O)c2cnccn2)CC1)c1ccc(Br)s1. The Kier molecular flexibility index (Phi) is 5.94. The van der Waals surface area contributed by atoms with Gasteiger partial charge in [0.25, 0.3) is 11.8 Å². The van der Waals surface area contributed by atoms with Crippen LogP contribution in [0.2, 0.25) is 0 Å². The lowest BCUT2D eigenvalue weighted by Gasteiger charge is -2.34. The number of aromatic nitrogens is 2. The molecule has 1 aliphatic heterocycles. The van der Waals surface area contributed by atoms with Gasteiger partial charge in [0.2, 0.25) is 5.91 Å². The van der Waals surface area contributed by atoms with Crippen LogP contribution in [-0.2, 0) is 4.79 Å². The Bertz CT molecular complexity index is 805. The summed E-state index contributed by atoms with van der Waals surface area (Å²) in [6.07, 6.45) is 4.41. The second kappa shape index (κ2) is 8.37. The molecule has 0 aromatic carbocycles. The standard InChI is InChI=1S/C16H16BrN5O3S/c17-13-2-1-12(26-13)15(24)20-10-14(23)21-5-7-22(8-6-21)16(25)11-9-18-3-4-19-11/h1-4,9H,5-8,10H2,(H,20,24). The molecule has 10 heteroatoms. The van der Waals surface area contributed by atoms with Crippen molar-refractivity contribution in [2.45, 2.75) is 0 Å². The fourth-order valence-electron chi connectivity index (χ4n) is 2.52. The average Bonchev–Trinajstić information content (AvgIpc) is 3.12. The second-order valence-corrected chi connectivity index (χ2v) is 8.01. The average molecular weight is 438 g/mol. The molecule has 1 saturated heterocycles. The highest BCUT2D eigenvalue weighted by atomic mass is 79.9. The predicted octanol–water partition coefficient (Wildman–Crippen LogP) is 1.02. The minimum Gasteiger partial charge on any atom is -0.342 e. The van der Waals surface area contributed by atoms with Crippen molar-refractivity contribution in [1.29, 1.82) is 0 Å². The Balaban J connectivity index is 1.46. The summed E-state index contributed by atoms with van der Waals surface area (Å²) in [5.41, 5.74) is 0.293. The van der Waals surface area contributed by atoms with E-state index in [1.54, 1.807) is 21.9 Å². The van der Waals surface area contributed by atoms with Crippen LogP contribution < -0.4 is 5.32 Å². The molecular weight excluding hydrogens is 422 g/mol. The van der Waals surface area contributed by atoms with E-state index in [0.29, 0.717) is 36.8 Å². The van der Waals surface area contributed by atoms with Crippen molar-refractivity contribution in [1.82, 2.24) is 25.1 Å². The summed E-state index contributed by atoms with van der Waals surface area (Å²) in [7, 11) is 0. The van der Waals surface area contributed by atoms with Gasteiger partial charge < -0.3 is 15.1 Å². The second-order valence-electron chi connectivity index (χ2n) is 5.55. The van der Waals surface area contributed by atoms with Gasteiger partial charge in [0.1, 0.15) is 5.69 Å². The van der Waals surface area contributed by atoms with E-state index in [1.807, 2.05) is 0 Å². The van der Waals surface area contributed by atoms with E-state index < -0.39 is 0 Å².